The van der Waals surface area contributed by atoms with Gasteiger partial charge in [0.15, 0.2) is 0 Å². The van der Waals surface area contributed by atoms with Gasteiger partial charge < -0.3 is 9.80 Å². The number of rotatable bonds is 9. The molecule has 3 rings (SSSR count). The molecule has 0 aliphatic rings. The Labute approximate surface area is 188 Å². The first-order valence-electron chi connectivity index (χ1n) is 10.1. The van der Waals surface area contributed by atoms with E-state index in [1.165, 1.54) is 24.3 Å². The third kappa shape index (κ3) is 6.38. The minimum Gasteiger partial charge on any atom is -0.333 e. The highest BCUT2D eigenvalue weighted by atomic mass is 32.2. The average molecular weight is 456 g/mol. The molecule has 0 aromatic heterocycles. The Kier molecular flexibility index (Phi) is 7.61. The van der Waals surface area contributed by atoms with Crippen molar-refractivity contribution < 1.29 is 17.6 Å². The Balaban J connectivity index is 1.75. The van der Waals surface area contributed by atoms with Crippen LogP contribution in [0.4, 0.5) is 10.1 Å². The summed E-state index contributed by atoms with van der Waals surface area (Å²) in [6, 6.07) is 20.5. The van der Waals surface area contributed by atoms with Gasteiger partial charge in [-0.1, -0.05) is 30.3 Å². The number of carbonyl (C=O) groups excluding carboxylic acids is 1. The second kappa shape index (κ2) is 10.4. The van der Waals surface area contributed by atoms with E-state index < -0.39 is 10.0 Å². The number of likely N-dealkylation sites (N-methyl/N-ethyl adjacent to an activating group) is 1. The Bertz CT molecular complexity index is 1130. The number of anilines is 1. The average Bonchev–Trinajstić information content (AvgIpc) is 2.78. The number of sulfonamides is 1. The van der Waals surface area contributed by atoms with Crippen LogP contribution in [0.2, 0.25) is 0 Å². The van der Waals surface area contributed by atoms with Crippen LogP contribution in [0.3, 0.4) is 0 Å². The molecule has 0 saturated carbocycles. The summed E-state index contributed by atoms with van der Waals surface area (Å²) < 4.78 is 40.7. The number of halogens is 1. The Morgan fingerprint density at radius 2 is 1.50 bits per heavy atom. The summed E-state index contributed by atoms with van der Waals surface area (Å²) in [5, 5.41) is 0. The second-order valence-electron chi connectivity index (χ2n) is 7.65. The molecule has 1 amide bonds. The summed E-state index contributed by atoms with van der Waals surface area (Å²) >= 11 is 0. The second-order valence-corrected chi connectivity index (χ2v) is 9.33. The lowest BCUT2D eigenvalue weighted by atomic mass is 10.1. The van der Waals surface area contributed by atoms with Crippen molar-refractivity contribution in [3.63, 3.8) is 0 Å². The number of hydrogen-bond donors (Lipinski definition) is 1. The lowest BCUT2D eigenvalue weighted by molar-refractivity contribution is 0.0732. The third-order valence-corrected chi connectivity index (χ3v) is 6.23. The van der Waals surface area contributed by atoms with Gasteiger partial charge in [0.1, 0.15) is 5.82 Å². The smallest absolute Gasteiger partial charge is 0.261 e. The zero-order valence-electron chi connectivity index (χ0n) is 18.0. The van der Waals surface area contributed by atoms with Crippen molar-refractivity contribution in [1.29, 1.82) is 0 Å². The molecule has 8 heteroatoms. The van der Waals surface area contributed by atoms with E-state index in [2.05, 4.69) is 4.72 Å². The van der Waals surface area contributed by atoms with Gasteiger partial charge >= 0.3 is 0 Å². The molecule has 0 unspecified atom stereocenters. The third-order valence-electron chi connectivity index (χ3n) is 4.83. The monoisotopic (exact) mass is 455 g/mol. The molecule has 0 aliphatic heterocycles. The minimum atomic E-state index is -3.71. The molecule has 0 bridgehead atoms. The van der Waals surface area contributed by atoms with Crippen LogP contribution in [-0.4, -0.2) is 51.3 Å². The normalized spacial score (nSPS) is 11.4. The van der Waals surface area contributed by atoms with Gasteiger partial charge in [-0.25, -0.2) is 12.8 Å². The van der Waals surface area contributed by atoms with Crippen LogP contribution in [0, 0.1) is 5.82 Å². The quantitative estimate of drug-likeness (QED) is 0.532. The number of nitrogens with zero attached hydrogens (tertiary/aromatic N) is 2. The van der Waals surface area contributed by atoms with E-state index >= 15 is 0 Å². The van der Waals surface area contributed by atoms with E-state index in [1.807, 2.05) is 19.0 Å². The number of nitrogens with one attached hydrogen (secondary N) is 1. The zero-order valence-corrected chi connectivity index (χ0v) is 18.8. The van der Waals surface area contributed by atoms with E-state index in [1.54, 1.807) is 59.5 Å². The highest BCUT2D eigenvalue weighted by Gasteiger charge is 2.18. The van der Waals surface area contributed by atoms with Crippen LogP contribution in [0.1, 0.15) is 15.9 Å². The molecule has 0 fully saturated rings. The van der Waals surface area contributed by atoms with Gasteiger partial charge in [-0.3, -0.25) is 9.52 Å². The van der Waals surface area contributed by atoms with Gasteiger partial charge in [0.05, 0.1) is 4.90 Å². The molecule has 6 nitrogen and oxygen atoms in total. The highest BCUT2D eigenvalue weighted by Crippen LogP contribution is 2.18. The Morgan fingerprint density at radius 3 is 2.09 bits per heavy atom. The van der Waals surface area contributed by atoms with Crippen molar-refractivity contribution in [1.82, 2.24) is 9.80 Å². The maximum atomic E-state index is 13.2. The van der Waals surface area contributed by atoms with Gasteiger partial charge in [-0.2, -0.15) is 0 Å². The van der Waals surface area contributed by atoms with E-state index in [-0.39, 0.29) is 16.6 Å². The summed E-state index contributed by atoms with van der Waals surface area (Å²) in [5.74, 6) is -0.512. The van der Waals surface area contributed by atoms with Gasteiger partial charge in [-0.05, 0) is 68.2 Å². The van der Waals surface area contributed by atoms with Crippen molar-refractivity contribution in [3.8, 4) is 0 Å². The van der Waals surface area contributed by atoms with Crippen LogP contribution in [0.15, 0.2) is 83.8 Å². The summed E-state index contributed by atoms with van der Waals surface area (Å²) in [7, 11) is 0.143. The fourth-order valence-corrected chi connectivity index (χ4v) is 4.14. The van der Waals surface area contributed by atoms with Crippen molar-refractivity contribution in [2.24, 2.45) is 0 Å². The predicted octanol–water partition coefficient (Wildman–Crippen LogP) is 3.83. The van der Waals surface area contributed by atoms with Crippen LogP contribution in [0.25, 0.3) is 0 Å². The number of benzene rings is 3. The topological polar surface area (TPSA) is 69.7 Å². The number of hydrogen-bond acceptors (Lipinski definition) is 4. The molecule has 1 N–H and O–H groups in total. The van der Waals surface area contributed by atoms with Crippen molar-refractivity contribution >= 4 is 21.6 Å². The molecule has 0 aliphatic carbocycles. The van der Waals surface area contributed by atoms with Gasteiger partial charge in [0.25, 0.3) is 15.9 Å². The van der Waals surface area contributed by atoms with E-state index in [9.17, 15) is 17.6 Å². The first-order valence-corrected chi connectivity index (χ1v) is 11.6. The molecule has 0 atom stereocenters. The maximum Gasteiger partial charge on any atom is 0.261 e. The SMILES string of the molecule is CN(C)CCN(Cc1ccc(F)cc1)C(=O)c1ccc(NS(=O)(=O)c2ccccc2)cc1. The standard InChI is InChI=1S/C24H26FN3O3S/c1-27(2)16-17-28(18-19-8-12-21(25)13-9-19)24(29)20-10-14-22(15-11-20)26-32(30,31)23-6-4-3-5-7-23/h3-15,26H,16-18H2,1-2H3. The zero-order chi connectivity index (χ0) is 23.1. The summed E-state index contributed by atoms with van der Waals surface area (Å²) in [5.41, 5.74) is 1.63. The molecule has 32 heavy (non-hydrogen) atoms. The fraction of sp³-hybridized carbons (Fsp3) is 0.208. The van der Waals surface area contributed by atoms with E-state index in [0.29, 0.717) is 30.9 Å². The van der Waals surface area contributed by atoms with Crippen LogP contribution in [-0.2, 0) is 16.6 Å². The number of carbonyl (C=O) groups is 1. The van der Waals surface area contributed by atoms with E-state index in [4.69, 9.17) is 0 Å². The minimum absolute atomic E-state index is 0.161. The molecule has 0 heterocycles. The van der Waals surface area contributed by atoms with Crippen LogP contribution in [0.5, 0.6) is 0 Å². The lowest BCUT2D eigenvalue weighted by Crippen LogP contribution is -2.36. The fourth-order valence-electron chi connectivity index (χ4n) is 3.06. The predicted molar refractivity (Wildman–Crippen MR) is 123 cm³/mol. The van der Waals surface area contributed by atoms with Crippen molar-refractivity contribution in [2.75, 3.05) is 31.9 Å². The molecule has 168 valence electrons. The first kappa shape index (κ1) is 23.4. The number of amides is 1. The summed E-state index contributed by atoms with van der Waals surface area (Å²) in [4.78, 5) is 17.0. The molecule has 0 saturated heterocycles. The van der Waals surface area contributed by atoms with Crippen molar-refractivity contribution in [2.45, 2.75) is 11.4 Å². The molecule has 3 aromatic rings. The van der Waals surface area contributed by atoms with Gasteiger partial charge in [0, 0.05) is 30.9 Å². The lowest BCUT2D eigenvalue weighted by Gasteiger charge is -2.25. The highest BCUT2D eigenvalue weighted by molar-refractivity contribution is 7.92. The molecular weight excluding hydrogens is 429 g/mol. The van der Waals surface area contributed by atoms with Gasteiger partial charge in [0.2, 0.25) is 0 Å². The molecular formula is C24H26FN3O3S. The van der Waals surface area contributed by atoms with Crippen molar-refractivity contribution in [3.05, 3.63) is 95.8 Å². The first-order chi connectivity index (χ1) is 15.2. The molecule has 0 spiro atoms. The Hall–Kier alpha value is -3.23. The van der Waals surface area contributed by atoms with Crippen LogP contribution < -0.4 is 4.72 Å². The maximum absolute atomic E-state index is 13.2. The summed E-state index contributed by atoms with van der Waals surface area (Å²) in [6.07, 6.45) is 0. The summed E-state index contributed by atoms with van der Waals surface area (Å²) in [6.45, 7) is 1.50. The van der Waals surface area contributed by atoms with E-state index in [0.717, 1.165) is 5.56 Å². The largest absolute Gasteiger partial charge is 0.333 e. The molecule has 3 aromatic carbocycles. The van der Waals surface area contributed by atoms with Gasteiger partial charge in [-0.15, -0.1) is 0 Å². The Morgan fingerprint density at radius 1 is 0.875 bits per heavy atom. The molecule has 0 radical (unpaired) electrons. The van der Waals surface area contributed by atoms with Crippen LogP contribution >= 0.6 is 0 Å².